The van der Waals surface area contributed by atoms with Crippen LogP contribution < -0.4 is 0 Å². The summed E-state index contributed by atoms with van der Waals surface area (Å²) in [5.74, 6) is 2.11. The van der Waals surface area contributed by atoms with Gasteiger partial charge in [0.2, 0.25) is 0 Å². The number of rotatable bonds is 4. The van der Waals surface area contributed by atoms with Crippen LogP contribution in [0, 0.1) is 11.8 Å². The molecule has 2 nitrogen and oxygen atoms in total. The van der Waals surface area contributed by atoms with E-state index in [4.69, 9.17) is 0 Å². The predicted octanol–water partition coefficient (Wildman–Crippen LogP) is 2.06. The molecule has 0 bridgehead atoms. The van der Waals surface area contributed by atoms with Gasteiger partial charge in [0.1, 0.15) is 0 Å². The third-order valence-corrected chi connectivity index (χ3v) is 4.13. The minimum absolute atomic E-state index is 1.05. The SMILES string of the molecule is CN(C)CCCN1CC2CCCCC2C1. The topological polar surface area (TPSA) is 6.48 Å². The molecule has 0 amide bonds. The number of likely N-dealkylation sites (tertiary alicyclic amines) is 1. The van der Waals surface area contributed by atoms with E-state index < -0.39 is 0 Å². The molecule has 2 heteroatoms. The van der Waals surface area contributed by atoms with Gasteiger partial charge in [-0.25, -0.2) is 0 Å². The fourth-order valence-corrected chi connectivity index (χ4v) is 3.30. The van der Waals surface area contributed by atoms with Crippen molar-refractivity contribution in [2.45, 2.75) is 32.1 Å². The predicted molar refractivity (Wildman–Crippen MR) is 65.1 cm³/mol. The Morgan fingerprint density at radius 3 is 2.20 bits per heavy atom. The van der Waals surface area contributed by atoms with Crippen molar-refractivity contribution in [2.75, 3.05) is 40.3 Å². The number of hydrogen-bond donors (Lipinski definition) is 0. The summed E-state index contributed by atoms with van der Waals surface area (Å²) in [7, 11) is 4.34. The molecule has 2 unspecified atom stereocenters. The Hall–Kier alpha value is -0.0800. The molecule has 15 heavy (non-hydrogen) atoms. The van der Waals surface area contributed by atoms with Crippen LogP contribution in [0.15, 0.2) is 0 Å². The third kappa shape index (κ3) is 3.18. The van der Waals surface area contributed by atoms with E-state index in [0.29, 0.717) is 0 Å². The smallest absolute Gasteiger partial charge is 0.00129 e. The van der Waals surface area contributed by atoms with Crippen LogP contribution in [-0.4, -0.2) is 50.1 Å². The lowest BCUT2D eigenvalue weighted by atomic mass is 9.82. The fourth-order valence-electron chi connectivity index (χ4n) is 3.30. The molecule has 88 valence electrons. The van der Waals surface area contributed by atoms with Crippen molar-refractivity contribution >= 4 is 0 Å². The minimum atomic E-state index is 1.05. The second kappa shape index (κ2) is 5.31. The molecule has 0 N–H and O–H groups in total. The molecule has 1 heterocycles. The van der Waals surface area contributed by atoms with Gasteiger partial charge in [-0.2, -0.15) is 0 Å². The maximum Gasteiger partial charge on any atom is 0.00129 e. The Bertz CT molecular complexity index is 177. The average Bonchev–Trinajstić information content (AvgIpc) is 2.59. The van der Waals surface area contributed by atoms with Gasteiger partial charge in [0.25, 0.3) is 0 Å². The van der Waals surface area contributed by atoms with Crippen LogP contribution in [0.25, 0.3) is 0 Å². The summed E-state index contributed by atoms with van der Waals surface area (Å²) >= 11 is 0. The monoisotopic (exact) mass is 210 g/mol. The average molecular weight is 210 g/mol. The van der Waals surface area contributed by atoms with Gasteiger partial charge in [0.15, 0.2) is 0 Å². The fraction of sp³-hybridized carbons (Fsp3) is 1.00. The minimum Gasteiger partial charge on any atom is -0.309 e. The molecule has 1 saturated carbocycles. The highest BCUT2D eigenvalue weighted by Crippen LogP contribution is 2.35. The van der Waals surface area contributed by atoms with E-state index in [2.05, 4.69) is 23.9 Å². The first-order valence-corrected chi connectivity index (χ1v) is 6.63. The largest absolute Gasteiger partial charge is 0.309 e. The van der Waals surface area contributed by atoms with Gasteiger partial charge >= 0.3 is 0 Å². The van der Waals surface area contributed by atoms with E-state index in [0.717, 1.165) is 11.8 Å². The third-order valence-electron chi connectivity index (χ3n) is 4.13. The zero-order valence-electron chi connectivity index (χ0n) is 10.4. The Labute approximate surface area is 94.6 Å². The first kappa shape index (κ1) is 11.4. The maximum absolute atomic E-state index is 2.71. The van der Waals surface area contributed by atoms with Crippen molar-refractivity contribution in [3.63, 3.8) is 0 Å². The molecule has 0 aromatic carbocycles. The lowest BCUT2D eigenvalue weighted by Gasteiger charge is -2.23. The van der Waals surface area contributed by atoms with Gasteiger partial charge < -0.3 is 9.80 Å². The van der Waals surface area contributed by atoms with Crippen molar-refractivity contribution in [3.05, 3.63) is 0 Å². The molecule has 0 spiro atoms. The molecule has 2 rings (SSSR count). The number of hydrogen-bond acceptors (Lipinski definition) is 2. The lowest BCUT2D eigenvalue weighted by molar-refractivity contribution is 0.291. The first-order valence-electron chi connectivity index (χ1n) is 6.63. The van der Waals surface area contributed by atoms with Gasteiger partial charge in [0.05, 0.1) is 0 Å². The Kier molecular flexibility index (Phi) is 4.04. The van der Waals surface area contributed by atoms with Gasteiger partial charge in [-0.3, -0.25) is 0 Å². The summed E-state index contributed by atoms with van der Waals surface area (Å²) in [6.07, 6.45) is 7.34. The lowest BCUT2D eigenvalue weighted by Crippen LogP contribution is -2.25. The van der Waals surface area contributed by atoms with Crippen LogP contribution in [0.3, 0.4) is 0 Å². The number of nitrogens with zero attached hydrogens (tertiary/aromatic N) is 2. The zero-order chi connectivity index (χ0) is 10.7. The van der Waals surface area contributed by atoms with E-state index >= 15 is 0 Å². The molecule has 1 aliphatic heterocycles. The van der Waals surface area contributed by atoms with Gasteiger partial charge in [-0.15, -0.1) is 0 Å². The molecule has 0 radical (unpaired) electrons. The van der Waals surface area contributed by atoms with Crippen LogP contribution in [0.4, 0.5) is 0 Å². The first-order chi connectivity index (χ1) is 7.25. The number of fused-ring (bicyclic) bond motifs is 1. The summed E-state index contributed by atoms with van der Waals surface area (Å²) < 4.78 is 0. The summed E-state index contributed by atoms with van der Waals surface area (Å²) in [6, 6.07) is 0. The quantitative estimate of drug-likeness (QED) is 0.701. The molecule has 0 aromatic rings. The van der Waals surface area contributed by atoms with Gasteiger partial charge in [-0.1, -0.05) is 12.8 Å². The second-order valence-corrected chi connectivity index (χ2v) is 5.72. The standard InChI is InChI=1S/C13H26N2/c1-14(2)8-5-9-15-10-12-6-3-4-7-13(12)11-15/h12-13H,3-11H2,1-2H3. The Balaban J connectivity index is 1.67. The molecule has 2 fully saturated rings. The highest BCUT2D eigenvalue weighted by molar-refractivity contribution is 4.86. The van der Waals surface area contributed by atoms with E-state index in [9.17, 15) is 0 Å². The Morgan fingerprint density at radius 1 is 1.07 bits per heavy atom. The van der Waals surface area contributed by atoms with E-state index in [-0.39, 0.29) is 0 Å². The second-order valence-electron chi connectivity index (χ2n) is 5.72. The van der Waals surface area contributed by atoms with Crippen molar-refractivity contribution in [1.29, 1.82) is 0 Å². The molecular formula is C13H26N2. The molecule has 2 aliphatic rings. The molecule has 0 aromatic heterocycles. The van der Waals surface area contributed by atoms with Crippen molar-refractivity contribution in [2.24, 2.45) is 11.8 Å². The molecule has 1 saturated heterocycles. The van der Waals surface area contributed by atoms with Crippen LogP contribution in [0.2, 0.25) is 0 Å². The van der Waals surface area contributed by atoms with Crippen LogP contribution in [-0.2, 0) is 0 Å². The van der Waals surface area contributed by atoms with Gasteiger partial charge in [-0.05, 0) is 58.3 Å². The summed E-state index contributed by atoms with van der Waals surface area (Å²) in [5.41, 5.74) is 0. The summed E-state index contributed by atoms with van der Waals surface area (Å²) in [6.45, 7) is 5.37. The zero-order valence-corrected chi connectivity index (χ0v) is 10.4. The molecule has 2 atom stereocenters. The van der Waals surface area contributed by atoms with E-state index in [1.165, 1.54) is 58.3 Å². The molecular weight excluding hydrogens is 184 g/mol. The highest BCUT2D eigenvalue weighted by Gasteiger charge is 2.33. The van der Waals surface area contributed by atoms with Crippen LogP contribution in [0.1, 0.15) is 32.1 Å². The van der Waals surface area contributed by atoms with Gasteiger partial charge in [0, 0.05) is 13.1 Å². The molecule has 1 aliphatic carbocycles. The normalized spacial score (nSPS) is 32.2. The summed E-state index contributed by atoms with van der Waals surface area (Å²) in [4.78, 5) is 5.01. The van der Waals surface area contributed by atoms with Crippen molar-refractivity contribution < 1.29 is 0 Å². The van der Waals surface area contributed by atoms with Crippen LogP contribution >= 0.6 is 0 Å². The highest BCUT2D eigenvalue weighted by atomic mass is 15.2. The summed E-state index contributed by atoms with van der Waals surface area (Å²) in [5, 5.41) is 0. The van der Waals surface area contributed by atoms with E-state index in [1.807, 2.05) is 0 Å². The van der Waals surface area contributed by atoms with Crippen molar-refractivity contribution in [3.8, 4) is 0 Å². The van der Waals surface area contributed by atoms with E-state index in [1.54, 1.807) is 0 Å². The maximum atomic E-state index is 2.71. The Morgan fingerprint density at radius 2 is 1.67 bits per heavy atom. The van der Waals surface area contributed by atoms with Crippen LogP contribution in [0.5, 0.6) is 0 Å². The van der Waals surface area contributed by atoms with Crippen molar-refractivity contribution in [1.82, 2.24) is 9.80 Å².